The number of benzene rings is 1. The lowest BCUT2D eigenvalue weighted by atomic mass is 9.99. The van der Waals surface area contributed by atoms with Gasteiger partial charge in [-0.3, -0.25) is 4.79 Å². The molecule has 2 aromatic rings. The summed E-state index contributed by atoms with van der Waals surface area (Å²) in [5.41, 5.74) is 7.70. The molecule has 2 rings (SSSR count). The van der Waals surface area contributed by atoms with Crippen molar-refractivity contribution in [2.24, 2.45) is 0 Å². The standard InChI is InChI=1S/C14H13FN2O/c1-8-5-6-17-14(16)12(8)13(18)10-3-4-11(15)9(2)7-10/h3-7H,1-2H3,(H2,16,17). The molecule has 0 atom stereocenters. The third-order valence-electron chi connectivity index (χ3n) is 2.84. The number of carbonyl (C=O) groups is 1. The summed E-state index contributed by atoms with van der Waals surface area (Å²) in [7, 11) is 0. The minimum absolute atomic E-state index is 0.196. The van der Waals surface area contributed by atoms with Crippen LogP contribution in [0, 0.1) is 19.7 Å². The minimum Gasteiger partial charge on any atom is -0.383 e. The fraction of sp³-hybridized carbons (Fsp3) is 0.143. The van der Waals surface area contributed by atoms with Crippen LogP contribution in [-0.4, -0.2) is 10.8 Å². The molecule has 0 radical (unpaired) electrons. The zero-order valence-electron chi connectivity index (χ0n) is 10.2. The molecule has 0 spiro atoms. The summed E-state index contributed by atoms with van der Waals surface area (Å²) in [6.07, 6.45) is 1.55. The molecule has 1 aromatic heterocycles. The van der Waals surface area contributed by atoms with Crippen LogP contribution in [-0.2, 0) is 0 Å². The van der Waals surface area contributed by atoms with E-state index in [2.05, 4.69) is 4.98 Å². The molecule has 92 valence electrons. The lowest BCUT2D eigenvalue weighted by Crippen LogP contribution is -2.09. The highest BCUT2D eigenvalue weighted by atomic mass is 19.1. The number of anilines is 1. The topological polar surface area (TPSA) is 56.0 Å². The number of rotatable bonds is 2. The summed E-state index contributed by atoms with van der Waals surface area (Å²) in [5.74, 6) is -0.370. The predicted octanol–water partition coefficient (Wildman–Crippen LogP) is 2.65. The van der Waals surface area contributed by atoms with E-state index in [1.54, 1.807) is 26.1 Å². The number of aromatic nitrogens is 1. The third kappa shape index (κ3) is 2.09. The maximum absolute atomic E-state index is 13.2. The Hall–Kier alpha value is -2.23. The number of nitrogens with two attached hydrogens (primary N) is 1. The van der Waals surface area contributed by atoms with E-state index in [4.69, 9.17) is 5.73 Å². The first-order valence-electron chi connectivity index (χ1n) is 5.52. The van der Waals surface area contributed by atoms with E-state index < -0.39 is 0 Å². The van der Waals surface area contributed by atoms with Crippen LogP contribution in [0.1, 0.15) is 27.0 Å². The van der Waals surface area contributed by atoms with Crippen LogP contribution in [0.15, 0.2) is 30.5 Å². The first kappa shape index (κ1) is 12.2. The highest BCUT2D eigenvalue weighted by Gasteiger charge is 2.16. The van der Waals surface area contributed by atoms with Crippen LogP contribution < -0.4 is 5.73 Å². The molecule has 0 aliphatic heterocycles. The van der Waals surface area contributed by atoms with Crippen molar-refractivity contribution in [2.45, 2.75) is 13.8 Å². The van der Waals surface area contributed by atoms with Gasteiger partial charge in [-0.15, -0.1) is 0 Å². The highest BCUT2D eigenvalue weighted by Crippen LogP contribution is 2.19. The van der Waals surface area contributed by atoms with E-state index in [1.165, 1.54) is 18.2 Å². The Kier molecular flexibility index (Phi) is 3.10. The monoisotopic (exact) mass is 244 g/mol. The van der Waals surface area contributed by atoms with E-state index >= 15 is 0 Å². The third-order valence-corrected chi connectivity index (χ3v) is 2.84. The van der Waals surface area contributed by atoms with Crippen molar-refractivity contribution in [2.75, 3.05) is 5.73 Å². The lowest BCUT2D eigenvalue weighted by molar-refractivity contribution is 0.103. The SMILES string of the molecule is Cc1cc(C(=O)c2c(C)ccnc2N)ccc1F. The van der Waals surface area contributed by atoms with Crippen LogP contribution >= 0.6 is 0 Å². The van der Waals surface area contributed by atoms with Crippen LogP contribution in [0.3, 0.4) is 0 Å². The second kappa shape index (κ2) is 4.56. The van der Waals surface area contributed by atoms with Gasteiger partial charge in [-0.1, -0.05) is 0 Å². The number of aryl methyl sites for hydroxylation is 2. The fourth-order valence-electron chi connectivity index (χ4n) is 1.80. The van der Waals surface area contributed by atoms with Crippen molar-refractivity contribution in [1.29, 1.82) is 0 Å². The quantitative estimate of drug-likeness (QED) is 0.826. The molecule has 0 saturated carbocycles. The Balaban J connectivity index is 2.51. The van der Waals surface area contributed by atoms with Crippen molar-refractivity contribution in [3.8, 4) is 0 Å². The largest absolute Gasteiger partial charge is 0.383 e. The zero-order valence-corrected chi connectivity index (χ0v) is 10.2. The van der Waals surface area contributed by atoms with Crippen LogP contribution in [0.2, 0.25) is 0 Å². The Morgan fingerprint density at radius 1 is 1.22 bits per heavy atom. The van der Waals surface area contributed by atoms with Crippen molar-refractivity contribution >= 4 is 11.6 Å². The van der Waals surface area contributed by atoms with E-state index in [-0.39, 0.29) is 17.4 Å². The number of nitrogens with zero attached hydrogens (tertiary/aromatic N) is 1. The normalized spacial score (nSPS) is 10.4. The molecule has 0 unspecified atom stereocenters. The molecule has 4 heteroatoms. The van der Waals surface area contributed by atoms with Crippen molar-refractivity contribution < 1.29 is 9.18 Å². The summed E-state index contributed by atoms with van der Waals surface area (Å²) >= 11 is 0. The Labute approximate surface area is 104 Å². The second-order valence-corrected chi connectivity index (χ2v) is 4.18. The molecule has 3 nitrogen and oxygen atoms in total. The molecule has 0 amide bonds. The second-order valence-electron chi connectivity index (χ2n) is 4.18. The smallest absolute Gasteiger partial charge is 0.197 e. The van der Waals surface area contributed by atoms with Crippen LogP contribution in [0.25, 0.3) is 0 Å². The summed E-state index contributed by atoms with van der Waals surface area (Å²) in [5, 5.41) is 0. The molecule has 2 N–H and O–H groups in total. The first-order chi connectivity index (χ1) is 8.50. The molecule has 0 fully saturated rings. The van der Waals surface area contributed by atoms with Gasteiger partial charge in [0.1, 0.15) is 11.6 Å². The van der Waals surface area contributed by atoms with Gasteiger partial charge >= 0.3 is 0 Å². The molecule has 0 bridgehead atoms. The van der Waals surface area contributed by atoms with E-state index in [0.29, 0.717) is 16.7 Å². The number of hydrogen-bond donors (Lipinski definition) is 1. The van der Waals surface area contributed by atoms with Gasteiger partial charge in [0.05, 0.1) is 5.56 Å². The molecule has 18 heavy (non-hydrogen) atoms. The van der Waals surface area contributed by atoms with Crippen molar-refractivity contribution in [3.05, 3.63) is 58.5 Å². The van der Waals surface area contributed by atoms with E-state index in [0.717, 1.165) is 5.56 Å². The maximum atomic E-state index is 13.2. The molecule has 0 aliphatic rings. The Morgan fingerprint density at radius 2 is 1.94 bits per heavy atom. The first-order valence-corrected chi connectivity index (χ1v) is 5.52. The van der Waals surface area contributed by atoms with E-state index in [1.807, 2.05) is 0 Å². The molecule has 0 aliphatic carbocycles. The van der Waals surface area contributed by atoms with Gasteiger partial charge in [0.15, 0.2) is 5.78 Å². The number of ketones is 1. The van der Waals surface area contributed by atoms with Crippen LogP contribution in [0.5, 0.6) is 0 Å². The number of halogens is 1. The molecule has 1 heterocycles. The lowest BCUT2D eigenvalue weighted by Gasteiger charge is -2.08. The maximum Gasteiger partial charge on any atom is 0.197 e. The van der Waals surface area contributed by atoms with Gasteiger partial charge < -0.3 is 5.73 Å². The number of pyridine rings is 1. The van der Waals surface area contributed by atoms with Gasteiger partial charge in [0, 0.05) is 11.8 Å². The van der Waals surface area contributed by atoms with E-state index in [9.17, 15) is 9.18 Å². The van der Waals surface area contributed by atoms with Gasteiger partial charge in [-0.25, -0.2) is 9.37 Å². The summed E-state index contributed by atoms with van der Waals surface area (Å²) in [6.45, 7) is 3.41. The summed E-state index contributed by atoms with van der Waals surface area (Å²) in [6, 6.07) is 5.98. The summed E-state index contributed by atoms with van der Waals surface area (Å²) in [4.78, 5) is 16.2. The highest BCUT2D eigenvalue weighted by molar-refractivity contribution is 6.12. The number of hydrogen-bond acceptors (Lipinski definition) is 3. The van der Waals surface area contributed by atoms with Gasteiger partial charge in [0.25, 0.3) is 0 Å². The fourth-order valence-corrected chi connectivity index (χ4v) is 1.80. The minimum atomic E-state index is -0.331. The average Bonchev–Trinajstić information content (AvgIpc) is 2.32. The van der Waals surface area contributed by atoms with Crippen molar-refractivity contribution in [3.63, 3.8) is 0 Å². The molecular formula is C14H13FN2O. The number of nitrogen functional groups attached to an aromatic ring is 1. The Bertz CT molecular complexity index is 603. The van der Waals surface area contributed by atoms with Gasteiger partial charge in [-0.2, -0.15) is 0 Å². The van der Waals surface area contributed by atoms with Crippen molar-refractivity contribution in [1.82, 2.24) is 4.98 Å². The molecular weight excluding hydrogens is 231 g/mol. The summed E-state index contributed by atoms with van der Waals surface area (Å²) < 4.78 is 13.2. The zero-order chi connectivity index (χ0) is 13.3. The van der Waals surface area contributed by atoms with Gasteiger partial charge in [0.2, 0.25) is 0 Å². The van der Waals surface area contributed by atoms with Gasteiger partial charge in [-0.05, 0) is 49.2 Å². The predicted molar refractivity (Wildman–Crippen MR) is 68.0 cm³/mol. The number of carbonyl (C=O) groups excluding carboxylic acids is 1. The Morgan fingerprint density at radius 3 is 2.56 bits per heavy atom. The average molecular weight is 244 g/mol. The molecule has 1 aromatic carbocycles. The molecule has 0 saturated heterocycles. The van der Waals surface area contributed by atoms with Crippen LogP contribution in [0.4, 0.5) is 10.2 Å².